The molecule has 1 aromatic carbocycles. The number of nitrogens with one attached hydrogen (secondary N) is 1. The number of likely N-dealkylation sites (tertiary alicyclic amines) is 1. The van der Waals surface area contributed by atoms with Crippen molar-refractivity contribution in [3.05, 3.63) is 29.8 Å². The van der Waals surface area contributed by atoms with Crippen molar-refractivity contribution >= 4 is 5.78 Å². The molecule has 1 aromatic rings. The molecule has 1 fully saturated rings. The zero-order valence-corrected chi connectivity index (χ0v) is 13.8. The number of quaternary nitrogens is 1. The lowest BCUT2D eigenvalue weighted by molar-refractivity contribution is -0.954. The second-order valence-electron chi connectivity index (χ2n) is 6.56. The Bertz CT molecular complexity index is 476. The van der Waals surface area contributed by atoms with E-state index in [0.717, 1.165) is 6.54 Å². The van der Waals surface area contributed by atoms with E-state index in [1.165, 1.54) is 24.2 Å². The number of carbonyl (C=O) groups excluding carboxylic acids is 1. The second-order valence-corrected chi connectivity index (χ2v) is 6.56. The van der Waals surface area contributed by atoms with Gasteiger partial charge in [0.2, 0.25) is 0 Å². The summed E-state index contributed by atoms with van der Waals surface area (Å²) >= 11 is 0. The third-order valence-electron chi connectivity index (χ3n) is 4.71. The van der Waals surface area contributed by atoms with Crippen LogP contribution in [0.15, 0.2) is 24.3 Å². The summed E-state index contributed by atoms with van der Waals surface area (Å²) in [7, 11) is 0. The molecule has 2 rings (SSSR count). The topological polar surface area (TPSA) is 51.0 Å². The second kappa shape index (κ2) is 7.75. The van der Waals surface area contributed by atoms with E-state index >= 15 is 0 Å². The minimum absolute atomic E-state index is 0.0447. The fourth-order valence-electron chi connectivity index (χ4n) is 3.30. The smallest absolute Gasteiger partial charge is 0.159 e. The van der Waals surface area contributed by atoms with Crippen LogP contribution in [-0.2, 0) is 0 Å². The normalized spacial score (nSPS) is 24.0. The molecule has 1 saturated heterocycles. The van der Waals surface area contributed by atoms with Gasteiger partial charge in [-0.2, -0.15) is 0 Å². The third-order valence-corrected chi connectivity index (χ3v) is 4.71. The molecule has 1 aliphatic rings. The molecular formula is C18H28NO3+. The summed E-state index contributed by atoms with van der Waals surface area (Å²) in [5, 5.41) is 10.2. The van der Waals surface area contributed by atoms with E-state index in [-0.39, 0.29) is 5.78 Å². The van der Waals surface area contributed by atoms with Crippen molar-refractivity contribution in [2.45, 2.75) is 58.2 Å². The van der Waals surface area contributed by atoms with Crippen molar-refractivity contribution in [2.75, 3.05) is 13.2 Å². The summed E-state index contributed by atoms with van der Waals surface area (Å²) < 4.78 is 5.64. The number of ketones is 1. The van der Waals surface area contributed by atoms with Crippen LogP contribution in [0.2, 0.25) is 0 Å². The highest BCUT2D eigenvalue weighted by molar-refractivity contribution is 5.94. The molecule has 0 unspecified atom stereocenters. The maximum absolute atomic E-state index is 11.2. The molecule has 1 aliphatic heterocycles. The zero-order valence-electron chi connectivity index (χ0n) is 13.8. The predicted molar refractivity (Wildman–Crippen MR) is 86.6 cm³/mol. The number of rotatable bonds is 6. The van der Waals surface area contributed by atoms with Crippen LogP contribution in [0, 0.1) is 0 Å². The van der Waals surface area contributed by atoms with Gasteiger partial charge in [0.1, 0.15) is 25.0 Å². The zero-order chi connectivity index (χ0) is 16.1. The molecule has 4 nitrogen and oxygen atoms in total. The van der Waals surface area contributed by atoms with Gasteiger partial charge < -0.3 is 14.7 Å². The molecule has 0 amide bonds. The first-order valence-electron chi connectivity index (χ1n) is 8.25. The van der Waals surface area contributed by atoms with E-state index in [1.807, 2.05) is 0 Å². The number of carbonyl (C=O) groups is 1. The van der Waals surface area contributed by atoms with Crippen LogP contribution in [0.25, 0.3) is 0 Å². The van der Waals surface area contributed by atoms with Crippen molar-refractivity contribution in [2.24, 2.45) is 0 Å². The Morgan fingerprint density at radius 1 is 1.27 bits per heavy atom. The molecule has 4 heteroatoms. The minimum atomic E-state index is -0.467. The van der Waals surface area contributed by atoms with Crippen LogP contribution >= 0.6 is 0 Å². The largest absolute Gasteiger partial charge is 0.491 e. The number of aliphatic hydroxyl groups excluding tert-OH is 1. The van der Waals surface area contributed by atoms with Gasteiger partial charge in [-0.05, 0) is 64.3 Å². The molecular weight excluding hydrogens is 278 g/mol. The van der Waals surface area contributed by atoms with Crippen molar-refractivity contribution in [1.82, 2.24) is 0 Å². The number of hydrogen-bond donors (Lipinski definition) is 2. The van der Waals surface area contributed by atoms with Gasteiger partial charge in [-0.1, -0.05) is 0 Å². The van der Waals surface area contributed by atoms with Crippen molar-refractivity contribution in [3.63, 3.8) is 0 Å². The molecule has 2 N–H and O–H groups in total. The van der Waals surface area contributed by atoms with E-state index in [4.69, 9.17) is 4.74 Å². The molecule has 0 aliphatic carbocycles. The monoisotopic (exact) mass is 306 g/mol. The third kappa shape index (κ3) is 4.55. The van der Waals surface area contributed by atoms with Crippen LogP contribution < -0.4 is 9.64 Å². The average Bonchev–Trinajstić information content (AvgIpc) is 2.49. The summed E-state index contributed by atoms with van der Waals surface area (Å²) in [6.45, 7) is 7.09. The Balaban J connectivity index is 1.81. The van der Waals surface area contributed by atoms with E-state index < -0.39 is 6.10 Å². The first-order valence-corrected chi connectivity index (χ1v) is 8.25. The first-order chi connectivity index (χ1) is 10.5. The van der Waals surface area contributed by atoms with Crippen molar-refractivity contribution in [1.29, 1.82) is 0 Å². The first kappa shape index (κ1) is 17.0. The fourth-order valence-corrected chi connectivity index (χ4v) is 3.30. The van der Waals surface area contributed by atoms with E-state index in [0.29, 0.717) is 30.0 Å². The Morgan fingerprint density at radius 2 is 1.86 bits per heavy atom. The van der Waals surface area contributed by atoms with Gasteiger partial charge >= 0.3 is 0 Å². The Labute approximate surface area is 133 Å². The van der Waals surface area contributed by atoms with Gasteiger partial charge in [0, 0.05) is 5.56 Å². The van der Waals surface area contributed by atoms with E-state index in [1.54, 1.807) is 31.2 Å². The summed E-state index contributed by atoms with van der Waals surface area (Å²) in [5.74, 6) is 0.738. The summed E-state index contributed by atoms with van der Waals surface area (Å²) in [5.41, 5.74) is 0.674. The van der Waals surface area contributed by atoms with Crippen LogP contribution in [0.3, 0.4) is 0 Å². The molecule has 22 heavy (non-hydrogen) atoms. The molecule has 0 saturated carbocycles. The maximum Gasteiger partial charge on any atom is 0.159 e. The number of ether oxygens (including phenoxy) is 1. The molecule has 0 bridgehead atoms. The van der Waals surface area contributed by atoms with Gasteiger partial charge in [-0.25, -0.2) is 0 Å². The SMILES string of the molecule is CC(=O)c1ccc(OC[C@@H](O)C[NH+]2[C@H](C)CCC[C@H]2C)cc1. The maximum atomic E-state index is 11.2. The molecule has 0 radical (unpaired) electrons. The number of aliphatic hydroxyl groups is 1. The van der Waals surface area contributed by atoms with Crippen LogP contribution in [0.4, 0.5) is 0 Å². The molecule has 0 spiro atoms. The molecule has 122 valence electrons. The Morgan fingerprint density at radius 3 is 2.41 bits per heavy atom. The predicted octanol–water partition coefficient (Wildman–Crippen LogP) is 1.47. The van der Waals surface area contributed by atoms with Gasteiger partial charge in [0.05, 0.1) is 12.1 Å². The number of Topliss-reactive ketones (excluding diaryl/α,β-unsaturated/α-hetero) is 1. The van der Waals surface area contributed by atoms with Crippen LogP contribution in [0.5, 0.6) is 5.75 Å². The highest BCUT2D eigenvalue weighted by Gasteiger charge is 2.30. The van der Waals surface area contributed by atoms with Crippen molar-refractivity contribution in [3.8, 4) is 5.75 Å². The summed E-state index contributed by atoms with van der Waals surface area (Å²) in [6.07, 6.45) is 3.30. The summed E-state index contributed by atoms with van der Waals surface area (Å²) in [6, 6.07) is 8.28. The van der Waals surface area contributed by atoms with Gasteiger partial charge in [0.25, 0.3) is 0 Å². The van der Waals surface area contributed by atoms with E-state index in [2.05, 4.69) is 13.8 Å². The molecule has 0 aromatic heterocycles. The van der Waals surface area contributed by atoms with Gasteiger partial charge in [0.15, 0.2) is 5.78 Å². The lowest BCUT2D eigenvalue weighted by Crippen LogP contribution is -3.20. The quantitative estimate of drug-likeness (QED) is 0.783. The lowest BCUT2D eigenvalue weighted by Gasteiger charge is -2.36. The summed E-state index contributed by atoms with van der Waals surface area (Å²) in [4.78, 5) is 12.7. The fraction of sp³-hybridized carbons (Fsp3) is 0.611. The van der Waals surface area contributed by atoms with Crippen LogP contribution in [-0.4, -0.2) is 42.2 Å². The number of benzene rings is 1. The van der Waals surface area contributed by atoms with Gasteiger partial charge in [-0.15, -0.1) is 0 Å². The Hall–Kier alpha value is -1.39. The van der Waals surface area contributed by atoms with E-state index in [9.17, 15) is 9.90 Å². The minimum Gasteiger partial charge on any atom is -0.491 e. The van der Waals surface area contributed by atoms with Crippen molar-refractivity contribution < 1.29 is 19.5 Å². The number of hydrogen-bond acceptors (Lipinski definition) is 3. The molecule has 3 atom stereocenters. The molecule has 1 heterocycles. The van der Waals surface area contributed by atoms with Gasteiger partial charge in [-0.3, -0.25) is 4.79 Å². The number of piperidine rings is 1. The standard InChI is InChI=1S/C18H27NO3/c1-13-5-4-6-14(2)19(13)11-17(21)12-22-18-9-7-16(8-10-18)15(3)20/h7-10,13-14,17,21H,4-6,11-12H2,1-3H3/p+1/t13-,14-,17+/m1/s1. The Kier molecular flexibility index (Phi) is 5.98. The average molecular weight is 306 g/mol. The van der Waals surface area contributed by atoms with Crippen LogP contribution in [0.1, 0.15) is 50.4 Å². The highest BCUT2D eigenvalue weighted by atomic mass is 16.5. The lowest BCUT2D eigenvalue weighted by atomic mass is 9.97. The highest BCUT2D eigenvalue weighted by Crippen LogP contribution is 2.13.